The highest BCUT2D eigenvalue weighted by molar-refractivity contribution is 5.89. The fourth-order valence-corrected chi connectivity index (χ4v) is 4.07. The van der Waals surface area contributed by atoms with Crippen molar-refractivity contribution in [3.8, 4) is 0 Å². The summed E-state index contributed by atoms with van der Waals surface area (Å²) in [6.45, 7) is 1.76. The lowest BCUT2D eigenvalue weighted by Crippen LogP contribution is -2.46. The first kappa shape index (κ1) is 19.1. The maximum Gasteiger partial charge on any atom is 0.339 e. The predicted molar refractivity (Wildman–Crippen MR) is 98.0 cm³/mol. The van der Waals surface area contributed by atoms with Crippen LogP contribution >= 0.6 is 0 Å². The van der Waals surface area contributed by atoms with Crippen molar-refractivity contribution in [1.29, 1.82) is 0 Å². The summed E-state index contributed by atoms with van der Waals surface area (Å²) < 4.78 is 19.3. The van der Waals surface area contributed by atoms with Gasteiger partial charge in [0.05, 0.1) is 12.0 Å². The molecular formula is C21H24FNO4. The highest BCUT2D eigenvalue weighted by Gasteiger charge is 2.43. The molecule has 2 aromatic rings. The Bertz CT molecular complexity index is 852. The standard InChI is InChI=1S/C21H24FNO4/c1-14-18(19(24)25)12-17(27-14)13-23(2)20(26)21(9-4-3-5-10-21)15-7-6-8-16(22)11-15/h6-8,11-12H,3-5,9-10,13H2,1-2H3,(H,24,25). The Kier molecular flexibility index (Phi) is 5.35. The Morgan fingerprint density at radius 2 is 1.93 bits per heavy atom. The van der Waals surface area contributed by atoms with Gasteiger partial charge in [0.25, 0.3) is 0 Å². The molecule has 1 heterocycles. The van der Waals surface area contributed by atoms with Gasteiger partial charge in [-0.05, 0) is 43.5 Å². The summed E-state index contributed by atoms with van der Waals surface area (Å²) in [7, 11) is 1.68. The molecule has 1 fully saturated rings. The van der Waals surface area contributed by atoms with Crippen LogP contribution in [0.3, 0.4) is 0 Å². The van der Waals surface area contributed by atoms with Crippen molar-refractivity contribution in [1.82, 2.24) is 4.90 Å². The van der Waals surface area contributed by atoms with Gasteiger partial charge in [-0.25, -0.2) is 9.18 Å². The molecule has 1 aromatic carbocycles. The van der Waals surface area contributed by atoms with Gasteiger partial charge >= 0.3 is 5.97 Å². The van der Waals surface area contributed by atoms with E-state index < -0.39 is 11.4 Å². The number of rotatable bonds is 5. The molecule has 1 N–H and O–H groups in total. The normalized spacial score (nSPS) is 16.1. The lowest BCUT2D eigenvalue weighted by molar-refractivity contribution is -0.138. The van der Waals surface area contributed by atoms with Crippen LogP contribution in [0.4, 0.5) is 4.39 Å². The van der Waals surface area contributed by atoms with E-state index in [0.29, 0.717) is 29.9 Å². The maximum atomic E-state index is 13.8. The molecule has 144 valence electrons. The van der Waals surface area contributed by atoms with E-state index in [1.165, 1.54) is 18.2 Å². The fraction of sp³-hybridized carbons (Fsp3) is 0.429. The molecule has 0 spiro atoms. The third kappa shape index (κ3) is 3.75. The van der Waals surface area contributed by atoms with Crippen LogP contribution in [0.25, 0.3) is 0 Å². The summed E-state index contributed by atoms with van der Waals surface area (Å²) in [5.41, 5.74) is 0.0658. The largest absolute Gasteiger partial charge is 0.478 e. The average Bonchev–Trinajstić information content (AvgIpc) is 3.02. The van der Waals surface area contributed by atoms with Crippen molar-refractivity contribution in [2.24, 2.45) is 0 Å². The highest BCUT2D eigenvalue weighted by atomic mass is 19.1. The number of hydrogen-bond acceptors (Lipinski definition) is 3. The van der Waals surface area contributed by atoms with Gasteiger partial charge in [-0.3, -0.25) is 4.79 Å². The van der Waals surface area contributed by atoms with E-state index >= 15 is 0 Å². The number of furan rings is 1. The molecule has 1 aliphatic carbocycles. The van der Waals surface area contributed by atoms with E-state index in [1.54, 1.807) is 24.9 Å². The Morgan fingerprint density at radius 3 is 2.52 bits per heavy atom. The van der Waals surface area contributed by atoms with Crippen LogP contribution in [-0.2, 0) is 16.8 Å². The van der Waals surface area contributed by atoms with Gasteiger partial charge in [-0.15, -0.1) is 0 Å². The summed E-state index contributed by atoms with van der Waals surface area (Å²) in [6, 6.07) is 7.75. The van der Waals surface area contributed by atoms with Crippen LogP contribution in [0.2, 0.25) is 0 Å². The van der Waals surface area contributed by atoms with Crippen molar-refractivity contribution in [2.75, 3.05) is 7.05 Å². The zero-order valence-corrected chi connectivity index (χ0v) is 15.6. The first-order chi connectivity index (χ1) is 12.8. The topological polar surface area (TPSA) is 70.8 Å². The number of carbonyl (C=O) groups is 2. The molecule has 1 saturated carbocycles. The number of halogens is 1. The SMILES string of the molecule is Cc1oc(CN(C)C(=O)C2(c3cccc(F)c3)CCCCC2)cc1C(=O)O. The molecule has 5 nitrogen and oxygen atoms in total. The molecule has 3 rings (SSSR count). The minimum atomic E-state index is -1.06. The summed E-state index contributed by atoms with van der Waals surface area (Å²) in [5.74, 6) is -0.749. The van der Waals surface area contributed by atoms with Crippen LogP contribution in [-0.4, -0.2) is 28.9 Å². The molecule has 0 aliphatic heterocycles. The molecule has 1 amide bonds. The van der Waals surface area contributed by atoms with E-state index in [4.69, 9.17) is 9.52 Å². The second-order valence-electron chi connectivity index (χ2n) is 7.30. The van der Waals surface area contributed by atoms with Gasteiger partial charge in [0.1, 0.15) is 22.9 Å². The van der Waals surface area contributed by atoms with Gasteiger partial charge in [0, 0.05) is 7.05 Å². The maximum absolute atomic E-state index is 13.8. The summed E-state index contributed by atoms with van der Waals surface area (Å²) >= 11 is 0. The smallest absolute Gasteiger partial charge is 0.339 e. The number of nitrogens with zero attached hydrogens (tertiary/aromatic N) is 1. The third-order valence-corrected chi connectivity index (χ3v) is 5.43. The highest BCUT2D eigenvalue weighted by Crippen LogP contribution is 2.41. The Labute approximate surface area is 157 Å². The zero-order valence-electron chi connectivity index (χ0n) is 15.6. The van der Waals surface area contributed by atoms with E-state index in [0.717, 1.165) is 19.3 Å². The second-order valence-corrected chi connectivity index (χ2v) is 7.30. The van der Waals surface area contributed by atoms with Crippen molar-refractivity contribution in [3.63, 3.8) is 0 Å². The van der Waals surface area contributed by atoms with Crippen molar-refractivity contribution in [2.45, 2.75) is 51.0 Å². The van der Waals surface area contributed by atoms with Gasteiger partial charge in [-0.1, -0.05) is 31.4 Å². The van der Waals surface area contributed by atoms with Gasteiger partial charge in [0.2, 0.25) is 5.91 Å². The number of aromatic carboxylic acids is 1. The number of benzene rings is 1. The summed E-state index contributed by atoms with van der Waals surface area (Å²) in [6.07, 6.45) is 4.25. The van der Waals surface area contributed by atoms with Crippen LogP contribution < -0.4 is 0 Å². The van der Waals surface area contributed by atoms with Crippen molar-refractivity contribution < 1.29 is 23.5 Å². The first-order valence-electron chi connectivity index (χ1n) is 9.18. The van der Waals surface area contributed by atoms with Crippen molar-refractivity contribution in [3.05, 3.63) is 58.8 Å². The van der Waals surface area contributed by atoms with E-state index in [2.05, 4.69) is 0 Å². The molecular weight excluding hydrogens is 349 g/mol. The lowest BCUT2D eigenvalue weighted by Gasteiger charge is -2.39. The number of carboxylic acids is 1. The number of amides is 1. The number of aryl methyl sites for hydroxylation is 1. The number of hydrogen-bond donors (Lipinski definition) is 1. The molecule has 0 bridgehead atoms. The monoisotopic (exact) mass is 373 g/mol. The van der Waals surface area contributed by atoms with Crippen LogP contribution in [0.5, 0.6) is 0 Å². The number of likely N-dealkylation sites (N-methyl/N-ethyl adjacent to an activating group) is 1. The minimum absolute atomic E-state index is 0.0845. The quantitative estimate of drug-likeness (QED) is 0.849. The Hall–Kier alpha value is -2.63. The van der Waals surface area contributed by atoms with E-state index in [9.17, 15) is 14.0 Å². The molecule has 1 aromatic heterocycles. The van der Waals surface area contributed by atoms with Crippen molar-refractivity contribution >= 4 is 11.9 Å². The molecule has 1 aliphatic rings. The third-order valence-electron chi connectivity index (χ3n) is 5.43. The summed E-state index contributed by atoms with van der Waals surface area (Å²) in [4.78, 5) is 26.2. The van der Waals surface area contributed by atoms with E-state index in [-0.39, 0.29) is 23.8 Å². The van der Waals surface area contributed by atoms with Gasteiger partial charge in [-0.2, -0.15) is 0 Å². The van der Waals surface area contributed by atoms with E-state index in [1.807, 2.05) is 6.07 Å². The predicted octanol–water partition coefficient (Wildman–Crippen LogP) is 4.29. The minimum Gasteiger partial charge on any atom is -0.478 e. The fourth-order valence-electron chi connectivity index (χ4n) is 4.07. The van der Waals surface area contributed by atoms with Crippen LogP contribution in [0.1, 0.15) is 59.5 Å². The number of carbonyl (C=O) groups excluding carboxylic acids is 1. The zero-order chi connectivity index (χ0) is 19.6. The Balaban J connectivity index is 1.88. The molecule has 0 atom stereocenters. The molecule has 0 unspecified atom stereocenters. The molecule has 0 radical (unpaired) electrons. The Morgan fingerprint density at radius 1 is 1.22 bits per heavy atom. The van der Waals surface area contributed by atoms with Gasteiger partial charge < -0.3 is 14.4 Å². The average molecular weight is 373 g/mol. The number of carboxylic acid groups (broad SMARTS) is 1. The second kappa shape index (κ2) is 7.55. The summed E-state index contributed by atoms with van der Waals surface area (Å²) in [5, 5.41) is 9.17. The first-order valence-corrected chi connectivity index (χ1v) is 9.18. The molecule has 27 heavy (non-hydrogen) atoms. The van der Waals surface area contributed by atoms with Gasteiger partial charge in [0.15, 0.2) is 0 Å². The molecule has 0 saturated heterocycles. The van der Waals surface area contributed by atoms with Crippen LogP contribution in [0, 0.1) is 12.7 Å². The molecule has 6 heteroatoms. The lowest BCUT2D eigenvalue weighted by atomic mass is 9.68. The van der Waals surface area contributed by atoms with Crippen LogP contribution in [0.15, 0.2) is 34.7 Å².